The molecule has 0 aliphatic carbocycles. The zero-order chi connectivity index (χ0) is 17.5. The lowest BCUT2D eigenvalue weighted by atomic mass is 10.2. The number of rotatable bonds is 6. The van der Waals surface area contributed by atoms with E-state index in [1.165, 1.54) is 6.08 Å². The van der Waals surface area contributed by atoms with Gasteiger partial charge in [0.15, 0.2) is 11.5 Å². The quantitative estimate of drug-likeness (QED) is 0.618. The molecule has 7 nitrogen and oxygen atoms in total. The van der Waals surface area contributed by atoms with Gasteiger partial charge in [-0.05, 0) is 35.9 Å². The zero-order valence-electron chi connectivity index (χ0n) is 13.4. The number of nitriles is 1. The maximum Gasteiger partial charge on any atom is 0.244 e. The number of ether oxygens (including phenoxy) is 2. The number of anilines is 1. The summed E-state index contributed by atoms with van der Waals surface area (Å²) < 4.78 is 10.5. The Labute approximate surface area is 144 Å². The van der Waals surface area contributed by atoms with Crippen molar-refractivity contribution in [2.24, 2.45) is 0 Å². The maximum atomic E-state index is 11.8. The van der Waals surface area contributed by atoms with E-state index in [1.54, 1.807) is 24.4 Å². The highest BCUT2D eigenvalue weighted by Gasteiger charge is 2.12. The van der Waals surface area contributed by atoms with Gasteiger partial charge in [0.25, 0.3) is 0 Å². The van der Waals surface area contributed by atoms with Crippen molar-refractivity contribution < 1.29 is 14.3 Å². The second kappa shape index (κ2) is 7.84. The van der Waals surface area contributed by atoms with Gasteiger partial charge in [0.1, 0.15) is 11.9 Å². The van der Waals surface area contributed by atoms with Crippen molar-refractivity contribution in [3.63, 3.8) is 0 Å². The molecule has 2 aromatic rings. The normalized spacial score (nSPS) is 12.0. The number of carbonyl (C=O) groups is 1. The Bertz CT molecular complexity index is 842. The van der Waals surface area contributed by atoms with E-state index in [1.807, 2.05) is 18.2 Å². The molecule has 2 heterocycles. The molecule has 1 aromatic carbocycles. The summed E-state index contributed by atoms with van der Waals surface area (Å²) in [6, 6.07) is 10.9. The Morgan fingerprint density at radius 3 is 3.04 bits per heavy atom. The van der Waals surface area contributed by atoms with Gasteiger partial charge >= 0.3 is 0 Å². The summed E-state index contributed by atoms with van der Waals surface area (Å²) in [5, 5.41) is 14.8. The molecule has 0 spiro atoms. The first-order valence-corrected chi connectivity index (χ1v) is 7.71. The van der Waals surface area contributed by atoms with Gasteiger partial charge in [-0.1, -0.05) is 6.07 Å². The molecule has 0 bridgehead atoms. The zero-order valence-corrected chi connectivity index (χ0v) is 13.4. The second-order valence-electron chi connectivity index (χ2n) is 5.18. The topological polar surface area (TPSA) is 96.3 Å². The molecule has 0 radical (unpaired) electrons. The van der Waals surface area contributed by atoms with E-state index in [-0.39, 0.29) is 12.7 Å². The highest BCUT2D eigenvalue weighted by molar-refractivity contribution is 5.91. The van der Waals surface area contributed by atoms with Crippen molar-refractivity contribution in [3.05, 3.63) is 53.7 Å². The molecule has 1 amide bonds. The van der Waals surface area contributed by atoms with Crippen LogP contribution in [0.3, 0.4) is 0 Å². The SMILES string of the molecule is N#Cc1cccnc1NCCNC(=O)/C=C/c1ccc2c(c1)OCO2. The van der Waals surface area contributed by atoms with Crippen molar-refractivity contribution in [3.8, 4) is 17.6 Å². The van der Waals surface area contributed by atoms with Crippen LogP contribution in [0.5, 0.6) is 11.5 Å². The molecule has 126 valence electrons. The fourth-order valence-corrected chi connectivity index (χ4v) is 2.25. The van der Waals surface area contributed by atoms with E-state index in [4.69, 9.17) is 14.7 Å². The predicted octanol–water partition coefficient (Wildman–Crippen LogP) is 1.92. The number of hydrogen-bond donors (Lipinski definition) is 2. The maximum absolute atomic E-state index is 11.8. The monoisotopic (exact) mass is 336 g/mol. The molecule has 3 rings (SSSR count). The van der Waals surface area contributed by atoms with Gasteiger partial charge < -0.3 is 20.1 Å². The lowest BCUT2D eigenvalue weighted by Gasteiger charge is -2.07. The standard InChI is InChI=1S/C18H16N4O3/c19-11-14-2-1-7-21-18(14)22-9-8-20-17(23)6-4-13-3-5-15-16(10-13)25-12-24-15/h1-7,10H,8-9,12H2,(H,20,23)(H,21,22)/b6-4+. The summed E-state index contributed by atoms with van der Waals surface area (Å²) in [7, 11) is 0. The molecular formula is C18H16N4O3. The van der Waals surface area contributed by atoms with Crippen molar-refractivity contribution in [1.82, 2.24) is 10.3 Å². The molecule has 0 atom stereocenters. The number of amides is 1. The molecule has 1 aliphatic heterocycles. The number of benzene rings is 1. The molecule has 2 N–H and O–H groups in total. The van der Waals surface area contributed by atoms with Crippen LogP contribution in [0.1, 0.15) is 11.1 Å². The predicted molar refractivity (Wildman–Crippen MR) is 92.1 cm³/mol. The van der Waals surface area contributed by atoms with E-state index < -0.39 is 0 Å². The minimum Gasteiger partial charge on any atom is -0.454 e. The number of hydrogen-bond acceptors (Lipinski definition) is 6. The van der Waals surface area contributed by atoms with E-state index in [2.05, 4.69) is 21.7 Å². The van der Waals surface area contributed by atoms with Crippen LogP contribution in [0.15, 0.2) is 42.6 Å². The fraction of sp³-hybridized carbons (Fsp3) is 0.167. The Hall–Kier alpha value is -3.53. The third-order valence-electron chi connectivity index (χ3n) is 3.47. The molecule has 0 unspecified atom stereocenters. The Morgan fingerprint density at radius 1 is 1.28 bits per heavy atom. The highest BCUT2D eigenvalue weighted by atomic mass is 16.7. The van der Waals surface area contributed by atoms with Gasteiger partial charge in [-0.15, -0.1) is 0 Å². The molecule has 1 aromatic heterocycles. The summed E-state index contributed by atoms with van der Waals surface area (Å²) in [6.07, 6.45) is 4.77. The van der Waals surface area contributed by atoms with Gasteiger partial charge in [0, 0.05) is 25.4 Å². The van der Waals surface area contributed by atoms with Crippen LogP contribution in [0.25, 0.3) is 6.08 Å². The van der Waals surface area contributed by atoms with Crippen LogP contribution >= 0.6 is 0 Å². The van der Waals surface area contributed by atoms with E-state index >= 15 is 0 Å². The van der Waals surface area contributed by atoms with Crippen molar-refractivity contribution >= 4 is 17.8 Å². The third-order valence-corrected chi connectivity index (χ3v) is 3.47. The van der Waals surface area contributed by atoms with Crippen LogP contribution in [0.2, 0.25) is 0 Å². The van der Waals surface area contributed by atoms with Gasteiger partial charge in [-0.25, -0.2) is 4.98 Å². The molecular weight excluding hydrogens is 320 g/mol. The average molecular weight is 336 g/mol. The Balaban J connectivity index is 1.44. The number of aromatic nitrogens is 1. The number of fused-ring (bicyclic) bond motifs is 1. The number of nitrogens with one attached hydrogen (secondary N) is 2. The van der Waals surface area contributed by atoms with Gasteiger partial charge in [-0.3, -0.25) is 4.79 Å². The summed E-state index contributed by atoms with van der Waals surface area (Å²) in [5.41, 5.74) is 1.32. The number of nitrogens with zero attached hydrogens (tertiary/aromatic N) is 2. The van der Waals surface area contributed by atoms with Crippen LogP contribution in [-0.4, -0.2) is 30.8 Å². The van der Waals surface area contributed by atoms with E-state index in [0.29, 0.717) is 36.0 Å². The van der Waals surface area contributed by atoms with Crippen molar-refractivity contribution in [1.29, 1.82) is 5.26 Å². The summed E-state index contributed by atoms with van der Waals surface area (Å²) in [6.45, 7) is 1.10. The van der Waals surface area contributed by atoms with Crippen LogP contribution < -0.4 is 20.1 Å². The van der Waals surface area contributed by atoms with Gasteiger partial charge in [-0.2, -0.15) is 5.26 Å². The van der Waals surface area contributed by atoms with Gasteiger partial charge in [0.2, 0.25) is 12.7 Å². The number of carbonyl (C=O) groups excluding carboxylic acids is 1. The summed E-state index contributed by atoms with van der Waals surface area (Å²) in [5.74, 6) is 1.69. The minimum atomic E-state index is -0.207. The smallest absolute Gasteiger partial charge is 0.244 e. The molecule has 0 saturated heterocycles. The second-order valence-corrected chi connectivity index (χ2v) is 5.18. The fourth-order valence-electron chi connectivity index (χ4n) is 2.25. The van der Waals surface area contributed by atoms with Crippen molar-refractivity contribution in [2.75, 3.05) is 25.2 Å². The number of pyridine rings is 1. The molecule has 0 saturated carbocycles. The molecule has 7 heteroatoms. The molecule has 25 heavy (non-hydrogen) atoms. The summed E-state index contributed by atoms with van der Waals surface area (Å²) in [4.78, 5) is 15.9. The lowest BCUT2D eigenvalue weighted by molar-refractivity contribution is -0.116. The Kier molecular flexibility index (Phi) is 5.12. The van der Waals surface area contributed by atoms with E-state index in [9.17, 15) is 4.79 Å². The third kappa shape index (κ3) is 4.26. The minimum absolute atomic E-state index is 0.207. The van der Waals surface area contributed by atoms with Crippen LogP contribution in [-0.2, 0) is 4.79 Å². The lowest BCUT2D eigenvalue weighted by Crippen LogP contribution is -2.27. The molecule has 0 fully saturated rings. The van der Waals surface area contributed by atoms with Crippen LogP contribution in [0, 0.1) is 11.3 Å². The van der Waals surface area contributed by atoms with Gasteiger partial charge in [0.05, 0.1) is 5.56 Å². The first-order valence-electron chi connectivity index (χ1n) is 7.71. The Morgan fingerprint density at radius 2 is 2.16 bits per heavy atom. The largest absolute Gasteiger partial charge is 0.454 e. The first-order chi connectivity index (χ1) is 12.3. The van der Waals surface area contributed by atoms with Crippen LogP contribution in [0.4, 0.5) is 5.82 Å². The summed E-state index contributed by atoms with van der Waals surface area (Å²) >= 11 is 0. The molecule has 1 aliphatic rings. The average Bonchev–Trinajstić information content (AvgIpc) is 3.11. The van der Waals surface area contributed by atoms with E-state index in [0.717, 1.165) is 5.56 Å². The van der Waals surface area contributed by atoms with Crippen molar-refractivity contribution in [2.45, 2.75) is 0 Å². The highest BCUT2D eigenvalue weighted by Crippen LogP contribution is 2.32. The first kappa shape index (κ1) is 16.3.